The van der Waals surface area contributed by atoms with Gasteiger partial charge in [0.15, 0.2) is 0 Å². The second kappa shape index (κ2) is 82.6. The van der Waals surface area contributed by atoms with Gasteiger partial charge in [0.05, 0.1) is 51.7 Å². The zero-order valence-corrected chi connectivity index (χ0v) is 74.9. The Bertz CT molecular complexity index is 2070. The molecule has 4 N–H and O–H groups in total. The van der Waals surface area contributed by atoms with Gasteiger partial charge in [-0.2, -0.15) is 0 Å². The van der Waals surface area contributed by atoms with E-state index >= 15 is 0 Å². The van der Waals surface area contributed by atoms with Crippen molar-refractivity contribution in [2.75, 3.05) is 79.3 Å². The number of amides is 4. The maximum absolute atomic E-state index is 13.7. The largest absolute Gasteiger partial charge is 0.379 e. The molecule has 0 spiro atoms. The predicted molar refractivity (Wildman–Crippen MR) is 464 cm³/mol. The van der Waals surface area contributed by atoms with Gasteiger partial charge in [-0.3, -0.25) is 28.3 Å². The number of nitrogens with one attached hydrogen (secondary N) is 4. The lowest BCUT2D eigenvalue weighted by Crippen LogP contribution is -2.41. The molecule has 6 atom stereocenters. The fraction of sp³-hybridized carbons (Fsp3) is 0.956. The molecule has 0 aromatic carbocycles. The van der Waals surface area contributed by atoms with Crippen LogP contribution in [0.5, 0.6) is 0 Å². The fourth-order valence-electron chi connectivity index (χ4n) is 14.8. The summed E-state index contributed by atoms with van der Waals surface area (Å²) in [6.07, 6.45) is 78.6. The standard InChI is InChI=1S/C91H182N4O12P2/c1-9-15-21-27-31-35-39-43-46-50-56-62-68-85(66-60-54-26-20-14-6)72-76-103-81-87(95-89(97)70-64-58-52-48-44-40-36-32-28-22-16-10-2)83-107-109(8,101)105-78-74-93-91(99)79-90(98)92-73-77-104-108(7,100)106-82-86(94-88(96)69-63-57-51-47-42-38-34-30-24-18-12-4)80-102-75-71-84(65-59-53-25-19-13-5)67-61-55-49-45-41-37-33-29-23-17-11-3/h84-87H,9-83H2,1-8H3,(H,92,98)(H,93,99)(H,94,96)(H,95,97)/t84-,85-,86-,87-,108?,109?/m1/s1. The normalized spacial score (nSPS) is 13.9. The molecule has 2 unspecified atom stereocenters. The zero-order valence-electron chi connectivity index (χ0n) is 73.1. The van der Waals surface area contributed by atoms with Crippen molar-refractivity contribution in [1.29, 1.82) is 0 Å². The number of hydrogen-bond donors (Lipinski definition) is 4. The van der Waals surface area contributed by atoms with Crippen LogP contribution in [0.3, 0.4) is 0 Å². The summed E-state index contributed by atoms with van der Waals surface area (Å²) in [6, 6.07) is -1.04. The first-order valence-electron chi connectivity index (χ1n) is 47.1. The Morgan fingerprint density at radius 1 is 0.257 bits per heavy atom. The number of carbonyl (C=O) groups excluding carboxylic acids is 4. The van der Waals surface area contributed by atoms with Gasteiger partial charge in [-0.05, 0) is 37.5 Å². The van der Waals surface area contributed by atoms with Crippen molar-refractivity contribution >= 4 is 38.8 Å². The van der Waals surface area contributed by atoms with E-state index in [0.29, 0.717) is 37.9 Å². The van der Waals surface area contributed by atoms with Crippen LogP contribution >= 0.6 is 15.2 Å². The van der Waals surface area contributed by atoms with Crippen molar-refractivity contribution in [3.05, 3.63) is 0 Å². The van der Waals surface area contributed by atoms with Crippen LogP contribution in [0.1, 0.15) is 459 Å². The Morgan fingerprint density at radius 3 is 0.716 bits per heavy atom. The molecule has 109 heavy (non-hydrogen) atoms. The lowest BCUT2D eigenvalue weighted by atomic mass is 9.91. The third-order valence-electron chi connectivity index (χ3n) is 21.9. The average molecular weight is 1590 g/mol. The SMILES string of the molecule is CCCCCCCCCCCCCCC(=O)N[C@H](COCC[C@H](CCCCCCC)CCCCCCCCCCCCCC)COP(C)(=O)OCCNC(=O)CC(=O)NCCOP(C)(=O)OC[C@@H](COCC[C@H](CCCCCCC)CCCCCCCCCCCCC)NC(=O)CCCCCCCCCCCCC. The Morgan fingerprint density at radius 2 is 0.477 bits per heavy atom. The molecule has 648 valence electrons. The molecule has 0 aromatic heterocycles. The summed E-state index contributed by atoms with van der Waals surface area (Å²) >= 11 is 0. The summed E-state index contributed by atoms with van der Waals surface area (Å²) in [5.74, 6) is -0.0417. The van der Waals surface area contributed by atoms with Gasteiger partial charge in [0.2, 0.25) is 23.6 Å². The van der Waals surface area contributed by atoms with Crippen LogP contribution in [0.2, 0.25) is 0 Å². The van der Waals surface area contributed by atoms with E-state index in [1.807, 2.05) is 0 Å². The first kappa shape index (κ1) is 107. The quantitative estimate of drug-likeness (QED) is 0.0255. The monoisotopic (exact) mass is 1590 g/mol. The summed E-state index contributed by atoms with van der Waals surface area (Å²) in [5.41, 5.74) is 0. The first-order valence-corrected chi connectivity index (χ1v) is 51.1. The Hall–Kier alpha value is -1.90. The van der Waals surface area contributed by atoms with Crippen molar-refractivity contribution in [2.24, 2.45) is 11.8 Å². The topological polar surface area (TPSA) is 206 Å². The van der Waals surface area contributed by atoms with Crippen LogP contribution in [0.4, 0.5) is 0 Å². The second-order valence-corrected chi connectivity index (χ2v) is 37.1. The molecule has 0 aliphatic carbocycles. The molecule has 0 bridgehead atoms. The molecule has 0 aliphatic rings. The molecule has 18 heteroatoms. The number of unbranched alkanes of at least 4 members (excludes halogenated alkanes) is 50. The van der Waals surface area contributed by atoms with E-state index in [9.17, 15) is 28.3 Å². The number of carbonyl (C=O) groups is 4. The summed E-state index contributed by atoms with van der Waals surface area (Å²) < 4.78 is 63.1. The zero-order chi connectivity index (χ0) is 79.7. The number of hydrogen-bond acceptors (Lipinski definition) is 12. The molecule has 0 rings (SSSR count). The Balaban J connectivity index is 5.44. The van der Waals surface area contributed by atoms with Gasteiger partial charge in [-0.25, -0.2) is 0 Å². The molecule has 0 fully saturated rings. The van der Waals surface area contributed by atoms with E-state index < -0.39 is 45.5 Å². The molecule has 16 nitrogen and oxygen atoms in total. The summed E-state index contributed by atoms with van der Waals surface area (Å²) in [4.78, 5) is 52.5. The van der Waals surface area contributed by atoms with E-state index in [-0.39, 0.29) is 64.5 Å². The van der Waals surface area contributed by atoms with Crippen LogP contribution in [0, 0.1) is 11.8 Å². The highest BCUT2D eigenvalue weighted by Gasteiger charge is 2.25. The average Bonchev–Trinajstić information content (AvgIpc) is 0.918. The number of ether oxygens (including phenoxy) is 2. The van der Waals surface area contributed by atoms with E-state index in [2.05, 4.69) is 62.8 Å². The highest BCUT2D eigenvalue weighted by atomic mass is 31.2. The lowest BCUT2D eigenvalue weighted by Gasteiger charge is -2.23. The molecular weight excluding hydrogens is 1400 g/mol. The van der Waals surface area contributed by atoms with Crippen molar-refractivity contribution in [3.63, 3.8) is 0 Å². The van der Waals surface area contributed by atoms with E-state index in [4.69, 9.17) is 27.6 Å². The molecule has 0 aliphatic heterocycles. The van der Waals surface area contributed by atoms with Crippen molar-refractivity contribution in [1.82, 2.24) is 21.3 Å². The molecule has 0 saturated carbocycles. The van der Waals surface area contributed by atoms with Gasteiger partial charge >= 0.3 is 15.2 Å². The van der Waals surface area contributed by atoms with E-state index in [0.717, 1.165) is 51.4 Å². The first-order chi connectivity index (χ1) is 53.1. The second-order valence-electron chi connectivity index (χ2n) is 33.0. The van der Waals surface area contributed by atoms with Crippen LogP contribution in [-0.4, -0.2) is 115 Å². The smallest absolute Gasteiger partial charge is 0.327 e. The molecule has 0 aromatic rings. The predicted octanol–water partition coefficient (Wildman–Crippen LogP) is 26.6. The highest BCUT2D eigenvalue weighted by molar-refractivity contribution is 7.53. The van der Waals surface area contributed by atoms with E-state index in [1.165, 1.54) is 360 Å². The minimum atomic E-state index is -3.63. The molecule has 4 amide bonds. The summed E-state index contributed by atoms with van der Waals surface area (Å²) in [6.45, 7) is 17.6. The molecular formula is C91H182N4O12P2. The highest BCUT2D eigenvalue weighted by Crippen LogP contribution is 2.44. The van der Waals surface area contributed by atoms with Crippen LogP contribution in [0.15, 0.2) is 0 Å². The van der Waals surface area contributed by atoms with Crippen molar-refractivity contribution < 1.29 is 55.9 Å². The van der Waals surface area contributed by atoms with Gasteiger partial charge in [0.25, 0.3) is 0 Å². The van der Waals surface area contributed by atoms with E-state index in [1.54, 1.807) is 0 Å². The number of rotatable bonds is 90. The fourth-order valence-corrected chi connectivity index (χ4v) is 16.7. The van der Waals surface area contributed by atoms with Gasteiger partial charge < -0.3 is 48.8 Å². The van der Waals surface area contributed by atoms with Crippen LogP contribution in [-0.2, 0) is 55.9 Å². The van der Waals surface area contributed by atoms with Crippen molar-refractivity contribution in [2.45, 2.75) is 471 Å². The third-order valence-corrected chi connectivity index (χ3v) is 24.5. The van der Waals surface area contributed by atoms with Gasteiger partial charge in [-0.1, -0.05) is 414 Å². The minimum absolute atomic E-state index is 0.0147. The van der Waals surface area contributed by atoms with Gasteiger partial charge in [0, 0.05) is 52.5 Å². The van der Waals surface area contributed by atoms with Crippen LogP contribution < -0.4 is 21.3 Å². The Kier molecular flexibility index (Phi) is 81.2. The van der Waals surface area contributed by atoms with Gasteiger partial charge in [0.1, 0.15) is 6.42 Å². The minimum Gasteiger partial charge on any atom is -0.379 e. The van der Waals surface area contributed by atoms with Gasteiger partial charge in [-0.15, -0.1) is 0 Å². The van der Waals surface area contributed by atoms with Crippen molar-refractivity contribution in [3.8, 4) is 0 Å². The summed E-state index contributed by atoms with van der Waals surface area (Å²) in [5, 5.41) is 11.6. The summed E-state index contributed by atoms with van der Waals surface area (Å²) in [7, 11) is -7.26. The molecule has 0 radical (unpaired) electrons. The third kappa shape index (κ3) is 79.7. The Labute approximate surface area is 674 Å². The maximum Gasteiger partial charge on any atom is 0.327 e. The molecule has 0 heterocycles. The van der Waals surface area contributed by atoms with Crippen LogP contribution in [0.25, 0.3) is 0 Å². The maximum atomic E-state index is 13.7. The molecule has 0 saturated heterocycles. The lowest BCUT2D eigenvalue weighted by molar-refractivity contribution is -0.129.